The van der Waals surface area contributed by atoms with Crippen molar-refractivity contribution in [3.05, 3.63) is 82.9 Å². The first-order valence-electron chi connectivity index (χ1n) is 17.4. The fourth-order valence-corrected chi connectivity index (χ4v) is 9.47. The van der Waals surface area contributed by atoms with Gasteiger partial charge >= 0.3 is 0 Å². The summed E-state index contributed by atoms with van der Waals surface area (Å²) >= 11 is 6.28. The van der Waals surface area contributed by atoms with Crippen molar-refractivity contribution < 1.29 is 4.79 Å². The van der Waals surface area contributed by atoms with E-state index in [1.807, 2.05) is 18.5 Å². The minimum absolute atomic E-state index is 0.153. The molecule has 0 amide bonds. The van der Waals surface area contributed by atoms with Crippen LogP contribution in [0.1, 0.15) is 87.3 Å². The van der Waals surface area contributed by atoms with Gasteiger partial charge in [-0.2, -0.15) is 5.10 Å². The van der Waals surface area contributed by atoms with Crippen LogP contribution in [-0.4, -0.2) is 61.7 Å². The molecule has 3 fully saturated rings. The number of benzene rings is 2. The normalized spacial score (nSPS) is 29.0. The monoisotopic (exact) mass is 628 g/mol. The molecule has 0 bridgehead atoms. The van der Waals surface area contributed by atoms with Crippen LogP contribution in [-0.2, 0) is 30.8 Å². The second-order valence-corrected chi connectivity index (χ2v) is 14.8. The molecule has 0 spiro atoms. The van der Waals surface area contributed by atoms with Gasteiger partial charge in [0, 0.05) is 49.3 Å². The minimum atomic E-state index is -0.268. The first-order chi connectivity index (χ1) is 22.1. The van der Waals surface area contributed by atoms with E-state index in [2.05, 4.69) is 66.3 Å². The molecule has 4 aliphatic rings. The molecule has 2 saturated carbocycles. The molecule has 1 N–H and O–H groups in total. The Balaban J connectivity index is 1.06. The molecular weight excluding hydrogens is 580 g/mol. The largest absolute Gasteiger partial charge is 0.300 e. The van der Waals surface area contributed by atoms with Gasteiger partial charge in [-0.1, -0.05) is 67.3 Å². The van der Waals surface area contributed by atoms with Gasteiger partial charge in [-0.25, -0.2) is 4.98 Å². The van der Waals surface area contributed by atoms with E-state index in [9.17, 15) is 4.79 Å². The molecule has 3 atom stereocenters. The highest BCUT2D eigenvalue weighted by atomic mass is 35.5. The molecule has 2 aromatic carbocycles. The third-order valence-corrected chi connectivity index (χ3v) is 12.0. The van der Waals surface area contributed by atoms with E-state index in [-0.39, 0.29) is 17.6 Å². The number of hydrogen-bond donors (Lipinski definition) is 1. The van der Waals surface area contributed by atoms with Crippen LogP contribution in [0.4, 0.5) is 0 Å². The molecule has 1 aromatic heterocycles. The van der Waals surface area contributed by atoms with Gasteiger partial charge in [0.1, 0.15) is 18.8 Å². The number of rotatable bonds is 10. The lowest BCUT2D eigenvalue weighted by Crippen LogP contribution is -2.61. The van der Waals surface area contributed by atoms with Crippen LogP contribution in [0.25, 0.3) is 0 Å². The SMILES string of the molecule is O=C[C@H](NC1CCC(N2Cc3ccccc3C2)CC1)N1CC[C@](Cn2cncn2)(C2CCCCC2)C[C@H]1Cc1ccc(Cl)cc1. The molecule has 0 unspecified atom stereocenters. The number of piperidine rings is 1. The lowest BCUT2D eigenvalue weighted by atomic mass is 9.61. The van der Waals surface area contributed by atoms with Gasteiger partial charge in [0.15, 0.2) is 6.29 Å². The second-order valence-electron chi connectivity index (χ2n) is 14.4. The molecule has 7 rings (SSSR count). The molecule has 8 heteroatoms. The molecular formula is C37H49ClN6O. The number of nitrogens with one attached hydrogen (secondary N) is 1. The van der Waals surface area contributed by atoms with Gasteiger partial charge < -0.3 is 4.79 Å². The molecule has 2 aliphatic heterocycles. The predicted octanol–water partition coefficient (Wildman–Crippen LogP) is 6.65. The van der Waals surface area contributed by atoms with Gasteiger partial charge in [0.25, 0.3) is 0 Å². The number of carbonyl (C=O) groups is 1. The molecule has 1 saturated heterocycles. The molecule has 2 aliphatic carbocycles. The lowest BCUT2D eigenvalue weighted by Gasteiger charge is -2.53. The zero-order valence-electron chi connectivity index (χ0n) is 26.6. The van der Waals surface area contributed by atoms with Gasteiger partial charge in [-0.3, -0.25) is 19.8 Å². The summed E-state index contributed by atoms with van der Waals surface area (Å²) in [7, 11) is 0. The van der Waals surface area contributed by atoms with Crippen molar-refractivity contribution in [2.24, 2.45) is 11.3 Å². The summed E-state index contributed by atoms with van der Waals surface area (Å²) in [6.45, 7) is 3.98. The maximum Gasteiger partial charge on any atom is 0.151 e. The number of nitrogens with zero attached hydrogens (tertiary/aromatic N) is 5. The first-order valence-corrected chi connectivity index (χ1v) is 17.8. The van der Waals surface area contributed by atoms with Crippen molar-refractivity contribution in [2.75, 3.05) is 6.54 Å². The van der Waals surface area contributed by atoms with Crippen LogP contribution in [0, 0.1) is 11.3 Å². The quantitative estimate of drug-likeness (QED) is 0.254. The Morgan fingerprint density at radius 2 is 1.69 bits per heavy atom. The van der Waals surface area contributed by atoms with Crippen molar-refractivity contribution in [2.45, 2.75) is 121 Å². The number of halogens is 1. The van der Waals surface area contributed by atoms with Crippen LogP contribution < -0.4 is 5.32 Å². The Labute approximate surface area is 273 Å². The highest BCUT2D eigenvalue weighted by Crippen LogP contribution is 2.49. The van der Waals surface area contributed by atoms with E-state index in [0.717, 1.165) is 63.3 Å². The van der Waals surface area contributed by atoms with E-state index >= 15 is 0 Å². The topological polar surface area (TPSA) is 66.3 Å². The Bertz CT molecular complexity index is 1360. The highest BCUT2D eigenvalue weighted by Gasteiger charge is 2.47. The van der Waals surface area contributed by atoms with E-state index < -0.39 is 0 Å². The average Bonchev–Trinajstić information content (AvgIpc) is 3.76. The summed E-state index contributed by atoms with van der Waals surface area (Å²) in [5, 5.41) is 9.21. The number of hydrogen-bond acceptors (Lipinski definition) is 6. The zero-order valence-corrected chi connectivity index (χ0v) is 27.3. The maximum absolute atomic E-state index is 12.9. The standard InChI is InChI=1S/C37H49ClN6O/c38-32-12-10-28(11-13-32)20-35-21-37(25-43-27-39-26-40-43,31-8-2-1-3-9-31)18-19-44(35)36(24-45)41-33-14-16-34(17-15-33)42-22-29-6-4-5-7-30(29)23-42/h4-7,10-13,24,26-27,31,33-36,41H,1-3,8-9,14-23,25H2/t33?,34?,35-,36-,37+/m1/s1. The number of carbonyl (C=O) groups excluding carboxylic acids is 1. The Morgan fingerprint density at radius 1 is 0.956 bits per heavy atom. The fourth-order valence-electron chi connectivity index (χ4n) is 9.35. The average molecular weight is 629 g/mol. The van der Waals surface area contributed by atoms with Crippen molar-refractivity contribution in [1.29, 1.82) is 0 Å². The minimum Gasteiger partial charge on any atom is -0.300 e. The van der Waals surface area contributed by atoms with E-state index in [0.29, 0.717) is 18.0 Å². The van der Waals surface area contributed by atoms with Crippen LogP contribution in [0.3, 0.4) is 0 Å². The number of aldehydes is 1. The van der Waals surface area contributed by atoms with Gasteiger partial charge in [-0.05, 0) is 97.9 Å². The molecule has 45 heavy (non-hydrogen) atoms. The molecule has 3 heterocycles. The third kappa shape index (κ3) is 7.07. The second kappa shape index (κ2) is 14.0. The summed E-state index contributed by atoms with van der Waals surface area (Å²) < 4.78 is 2.07. The van der Waals surface area contributed by atoms with Crippen molar-refractivity contribution >= 4 is 17.9 Å². The highest BCUT2D eigenvalue weighted by molar-refractivity contribution is 6.30. The van der Waals surface area contributed by atoms with Crippen LogP contribution in [0.2, 0.25) is 5.02 Å². The van der Waals surface area contributed by atoms with Crippen LogP contribution >= 0.6 is 11.6 Å². The van der Waals surface area contributed by atoms with Crippen molar-refractivity contribution in [3.8, 4) is 0 Å². The lowest BCUT2D eigenvalue weighted by molar-refractivity contribution is -0.118. The Hall–Kier alpha value is -2.58. The predicted molar refractivity (Wildman–Crippen MR) is 179 cm³/mol. The van der Waals surface area contributed by atoms with Crippen LogP contribution in [0.5, 0.6) is 0 Å². The number of fused-ring (bicyclic) bond motifs is 1. The van der Waals surface area contributed by atoms with Crippen molar-refractivity contribution in [3.63, 3.8) is 0 Å². The van der Waals surface area contributed by atoms with Crippen LogP contribution in [0.15, 0.2) is 61.2 Å². The molecule has 7 nitrogen and oxygen atoms in total. The summed E-state index contributed by atoms with van der Waals surface area (Å²) in [6, 6.07) is 18.5. The Morgan fingerprint density at radius 3 is 2.36 bits per heavy atom. The molecule has 0 radical (unpaired) electrons. The summed E-state index contributed by atoms with van der Waals surface area (Å²) in [5.41, 5.74) is 4.42. The summed E-state index contributed by atoms with van der Waals surface area (Å²) in [6.07, 6.45) is 18.7. The summed E-state index contributed by atoms with van der Waals surface area (Å²) in [4.78, 5) is 22.4. The number of aromatic nitrogens is 3. The Kier molecular flexibility index (Phi) is 9.69. The van der Waals surface area contributed by atoms with E-state index in [1.54, 1.807) is 6.33 Å². The van der Waals surface area contributed by atoms with Crippen molar-refractivity contribution in [1.82, 2.24) is 29.9 Å². The fraction of sp³-hybridized carbons (Fsp3) is 0.595. The summed E-state index contributed by atoms with van der Waals surface area (Å²) in [5.74, 6) is 0.681. The van der Waals surface area contributed by atoms with Gasteiger partial charge in [-0.15, -0.1) is 0 Å². The molecule has 240 valence electrons. The zero-order chi connectivity index (χ0) is 30.6. The maximum atomic E-state index is 12.9. The van der Waals surface area contributed by atoms with Gasteiger partial charge in [0.2, 0.25) is 0 Å². The first kappa shape index (κ1) is 31.0. The molecule has 3 aromatic rings. The smallest absolute Gasteiger partial charge is 0.151 e. The van der Waals surface area contributed by atoms with E-state index in [4.69, 9.17) is 11.6 Å². The van der Waals surface area contributed by atoms with E-state index in [1.165, 1.54) is 67.9 Å². The third-order valence-electron chi connectivity index (χ3n) is 11.7. The van der Waals surface area contributed by atoms with Gasteiger partial charge in [0.05, 0.1) is 0 Å². The number of likely N-dealkylation sites (tertiary alicyclic amines) is 1.